The van der Waals surface area contributed by atoms with Gasteiger partial charge in [-0.05, 0) is 52.7 Å². The lowest BCUT2D eigenvalue weighted by atomic mass is 10.0. The Kier molecular flexibility index (Phi) is 6.41. The Morgan fingerprint density at radius 1 is 1.27 bits per heavy atom. The number of anilines is 1. The summed E-state index contributed by atoms with van der Waals surface area (Å²) >= 11 is 15.7. The second-order valence-electron chi connectivity index (χ2n) is 6.03. The maximum absolute atomic E-state index is 13.2. The zero-order valence-corrected chi connectivity index (χ0v) is 18.7. The van der Waals surface area contributed by atoms with Crippen molar-refractivity contribution in [1.29, 1.82) is 5.26 Å². The van der Waals surface area contributed by atoms with Gasteiger partial charge in [0.05, 0.1) is 27.9 Å². The minimum Gasteiger partial charge on any atom is -0.355 e. The number of hydrogen-bond acceptors (Lipinski definition) is 5. The molecule has 0 unspecified atom stereocenters. The van der Waals surface area contributed by atoms with Crippen LogP contribution in [0.25, 0.3) is 5.82 Å². The number of nitrogens with one attached hydrogen (secondary N) is 2. The van der Waals surface area contributed by atoms with Gasteiger partial charge >= 0.3 is 0 Å². The van der Waals surface area contributed by atoms with Gasteiger partial charge in [0.2, 0.25) is 0 Å². The molecule has 0 aliphatic heterocycles. The summed E-state index contributed by atoms with van der Waals surface area (Å²) in [4.78, 5) is 29.7. The third-order valence-corrected chi connectivity index (χ3v) is 5.55. The van der Waals surface area contributed by atoms with E-state index in [0.717, 1.165) is 0 Å². The number of pyridine rings is 1. The minimum atomic E-state index is -0.641. The molecule has 2 amide bonds. The number of aryl methyl sites for hydroxylation is 1. The van der Waals surface area contributed by atoms with Crippen molar-refractivity contribution in [1.82, 2.24) is 20.1 Å². The minimum absolute atomic E-state index is 0.0317. The highest BCUT2D eigenvalue weighted by Gasteiger charge is 2.26. The maximum atomic E-state index is 13.2. The molecule has 2 aromatic heterocycles. The van der Waals surface area contributed by atoms with E-state index in [0.29, 0.717) is 5.56 Å². The Labute approximate surface area is 189 Å². The van der Waals surface area contributed by atoms with E-state index in [4.69, 9.17) is 23.2 Å². The topological polar surface area (TPSA) is 113 Å². The lowest BCUT2D eigenvalue weighted by Crippen LogP contribution is -2.24. The molecule has 0 saturated carbocycles. The fourth-order valence-corrected chi connectivity index (χ4v) is 3.51. The van der Waals surface area contributed by atoms with Gasteiger partial charge < -0.3 is 10.6 Å². The van der Waals surface area contributed by atoms with E-state index < -0.39 is 11.8 Å². The van der Waals surface area contributed by atoms with Gasteiger partial charge in [-0.1, -0.05) is 23.2 Å². The van der Waals surface area contributed by atoms with E-state index in [-0.39, 0.29) is 43.0 Å². The van der Waals surface area contributed by atoms with Crippen LogP contribution in [0.4, 0.5) is 5.69 Å². The highest BCUT2D eigenvalue weighted by Crippen LogP contribution is 2.31. The van der Waals surface area contributed by atoms with Gasteiger partial charge in [0.15, 0.2) is 11.5 Å². The third kappa shape index (κ3) is 4.03. The first kappa shape index (κ1) is 21.8. The number of amides is 2. The Hall–Kier alpha value is -2.93. The van der Waals surface area contributed by atoms with E-state index in [2.05, 4.69) is 36.6 Å². The molecule has 30 heavy (non-hydrogen) atoms. The summed E-state index contributed by atoms with van der Waals surface area (Å²) in [7, 11) is 1.45. The Balaban J connectivity index is 2.12. The summed E-state index contributed by atoms with van der Waals surface area (Å²) in [5.74, 6) is -0.892. The number of halogens is 3. The van der Waals surface area contributed by atoms with Crippen LogP contribution < -0.4 is 10.6 Å². The van der Waals surface area contributed by atoms with Gasteiger partial charge in [0.1, 0.15) is 9.63 Å². The van der Waals surface area contributed by atoms with E-state index in [9.17, 15) is 14.9 Å². The number of nitrogens with zero attached hydrogens (tertiary/aromatic N) is 4. The van der Waals surface area contributed by atoms with Crippen molar-refractivity contribution in [2.45, 2.75) is 6.92 Å². The predicted molar refractivity (Wildman–Crippen MR) is 116 cm³/mol. The van der Waals surface area contributed by atoms with Crippen LogP contribution in [-0.2, 0) is 0 Å². The molecule has 0 aliphatic carbocycles. The van der Waals surface area contributed by atoms with Gasteiger partial charge in [-0.2, -0.15) is 10.4 Å². The van der Waals surface area contributed by atoms with Crippen molar-refractivity contribution in [2.75, 3.05) is 12.4 Å². The molecule has 0 fully saturated rings. The number of carbonyl (C=O) groups excluding carboxylic acids is 2. The van der Waals surface area contributed by atoms with Crippen LogP contribution in [0.1, 0.15) is 32.0 Å². The van der Waals surface area contributed by atoms with Gasteiger partial charge in [0, 0.05) is 13.2 Å². The summed E-state index contributed by atoms with van der Waals surface area (Å²) in [6.45, 7) is 1.67. The molecule has 0 aliphatic rings. The maximum Gasteiger partial charge on any atom is 0.276 e. The van der Waals surface area contributed by atoms with Crippen molar-refractivity contribution >= 4 is 56.6 Å². The van der Waals surface area contributed by atoms with Crippen LogP contribution in [0.5, 0.6) is 0 Å². The van der Waals surface area contributed by atoms with E-state index in [1.165, 1.54) is 24.0 Å². The van der Waals surface area contributed by atoms with Crippen LogP contribution in [-0.4, -0.2) is 33.6 Å². The Morgan fingerprint density at radius 3 is 2.63 bits per heavy atom. The summed E-state index contributed by atoms with van der Waals surface area (Å²) in [6.07, 6.45) is 1.50. The monoisotopic (exact) mass is 506 g/mol. The molecule has 0 radical (unpaired) electrons. The molecular formula is C19H13BrCl2N6O2. The average Bonchev–Trinajstić information content (AvgIpc) is 3.03. The van der Waals surface area contributed by atoms with Crippen molar-refractivity contribution in [2.24, 2.45) is 0 Å². The van der Waals surface area contributed by atoms with Crippen molar-refractivity contribution in [3.8, 4) is 11.9 Å². The highest BCUT2D eigenvalue weighted by atomic mass is 79.9. The SMILES string of the molecule is CNC(=O)c1cc(C#N)cc(C)c1NC(=O)c1c(Cl)c(Br)nn1-c1ncccc1Cl. The first-order valence-corrected chi connectivity index (χ1v) is 9.96. The fraction of sp³-hybridized carbons (Fsp3) is 0.105. The molecule has 2 N–H and O–H groups in total. The molecule has 0 saturated heterocycles. The second kappa shape index (κ2) is 8.83. The first-order chi connectivity index (χ1) is 14.3. The number of benzene rings is 1. The normalized spacial score (nSPS) is 10.4. The molecule has 0 spiro atoms. The van der Waals surface area contributed by atoms with Crippen LogP contribution in [0.3, 0.4) is 0 Å². The number of rotatable bonds is 4. The summed E-state index contributed by atoms with van der Waals surface area (Å²) in [6, 6.07) is 8.19. The molecule has 2 heterocycles. The molecule has 3 aromatic rings. The molecule has 1 aromatic carbocycles. The average molecular weight is 508 g/mol. The van der Waals surface area contributed by atoms with E-state index in [1.54, 1.807) is 25.1 Å². The first-order valence-electron chi connectivity index (χ1n) is 8.41. The second-order valence-corrected chi connectivity index (χ2v) is 7.57. The molecule has 3 rings (SSSR count). The van der Waals surface area contributed by atoms with Crippen molar-refractivity contribution in [3.05, 3.63) is 67.5 Å². The predicted octanol–water partition coefficient (Wildman–Crippen LogP) is 4.13. The standard InChI is InChI=1S/C19H13BrCl2N6O2/c1-9-6-10(8-23)7-11(18(29)24-2)14(9)26-19(30)15-13(22)16(20)27-28(15)17-12(21)4-3-5-25-17/h3-7H,1-2H3,(H,24,29)(H,26,30). The largest absolute Gasteiger partial charge is 0.355 e. The van der Waals surface area contributed by atoms with E-state index >= 15 is 0 Å². The van der Waals surface area contributed by atoms with Crippen LogP contribution in [0.15, 0.2) is 35.1 Å². The molecule has 8 nitrogen and oxygen atoms in total. The number of hydrogen-bond donors (Lipinski definition) is 2. The summed E-state index contributed by atoms with van der Waals surface area (Å²) in [5, 5.41) is 18.9. The molecule has 0 atom stereocenters. The smallest absolute Gasteiger partial charge is 0.276 e. The van der Waals surface area contributed by atoms with Gasteiger partial charge in [-0.15, -0.1) is 0 Å². The summed E-state index contributed by atoms with van der Waals surface area (Å²) in [5.41, 5.74) is 1.16. The van der Waals surface area contributed by atoms with Crippen molar-refractivity contribution < 1.29 is 9.59 Å². The lowest BCUT2D eigenvalue weighted by molar-refractivity contribution is 0.0964. The Bertz CT molecular complexity index is 1220. The number of nitriles is 1. The van der Waals surface area contributed by atoms with Gasteiger partial charge in [0.25, 0.3) is 11.8 Å². The number of carbonyl (C=O) groups is 2. The molecule has 0 bridgehead atoms. The summed E-state index contributed by atoms with van der Waals surface area (Å²) < 4.78 is 1.43. The quantitative estimate of drug-likeness (QED) is 0.551. The Morgan fingerprint density at radius 2 is 2.00 bits per heavy atom. The van der Waals surface area contributed by atoms with Crippen LogP contribution >= 0.6 is 39.1 Å². The van der Waals surface area contributed by atoms with E-state index in [1.807, 2.05) is 6.07 Å². The van der Waals surface area contributed by atoms with Crippen LogP contribution in [0.2, 0.25) is 10.0 Å². The van der Waals surface area contributed by atoms with Gasteiger partial charge in [-0.25, -0.2) is 9.67 Å². The number of aromatic nitrogens is 3. The fourth-order valence-electron chi connectivity index (χ4n) is 2.76. The molecule has 11 heteroatoms. The molecule has 152 valence electrons. The zero-order chi connectivity index (χ0) is 22.0. The third-order valence-electron chi connectivity index (χ3n) is 4.12. The van der Waals surface area contributed by atoms with Gasteiger partial charge in [-0.3, -0.25) is 9.59 Å². The zero-order valence-electron chi connectivity index (χ0n) is 15.6. The molecular weight excluding hydrogens is 495 g/mol. The van der Waals surface area contributed by atoms with Crippen molar-refractivity contribution in [3.63, 3.8) is 0 Å². The van der Waals surface area contributed by atoms with Crippen LogP contribution in [0, 0.1) is 18.3 Å². The highest BCUT2D eigenvalue weighted by molar-refractivity contribution is 9.10. The lowest BCUT2D eigenvalue weighted by Gasteiger charge is -2.15.